The molecule has 2 heterocycles. The van der Waals surface area contributed by atoms with Crippen LogP contribution in [0.5, 0.6) is 0 Å². The summed E-state index contributed by atoms with van der Waals surface area (Å²) >= 11 is 0. The third kappa shape index (κ3) is 2.25. The van der Waals surface area contributed by atoms with Crippen LogP contribution in [0.25, 0.3) is 10.9 Å². The average molecular weight is 266 g/mol. The van der Waals surface area contributed by atoms with Gasteiger partial charge in [-0.2, -0.15) is 5.10 Å². The van der Waals surface area contributed by atoms with Crippen molar-refractivity contribution in [2.45, 2.75) is 13.3 Å². The highest BCUT2D eigenvalue weighted by Gasteiger charge is 2.11. The van der Waals surface area contributed by atoms with Crippen molar-refractivity contribution in [2.24, 2.45) is 0 Å². The number of hydrogen-bond donors (Lipinski definition) is 2. The number of pyridine rings is 1. The molecule has 0 saturated heterocycles. The monoisotopic (exact) mass is 266 g/mol. The van der Waals surface area contributed by atoms with Gasteiger partial charge in [-0.3, -0.25) is 14.9 Å². The van der Waals surface area contributed by atoms with Crippen LogP contribution in [0.3, 0.4) is 0 Å². The number of aryl methyl sites for hydroxylation is 1. The van der Waals surface area contributed by atoms with Gasteiger partial charge in [0, 0.05) is 23.3 Å². The summed E-state index contributed by atoms with van der Waals surface area (Å²) in [4.78, 5) is 16.6. The molecule has 0 spiro atoms. The predicted molar refractivity (Wildman–Crippen MR) is 77.7 cm³/mol. The summed E-state index contributed by atoms with van der Waals surface area (Å²) in [5, 5.41) is 10.6. The number of rotatable bonds is 3. The first-order valence-corrected chi connectivity index (χ1v) is 6.47. The van der Waals surface area contributed by atoms with Gasteiger partial charge in [0.2, 0.25) is 0 Å². The zero-order valence-electron chi connectivity index (χ0n) is 11.1. The van der Waals surface area contributed by atoms with Crippen molar-refractivity contribution >= 4 is 22.6 Å². The summed E-state index contributed by atoms with van der Waals surface area (Å²) in [6, 6.07) is 11.1. The van der Waals surface area contributed by atoms with Gasteiger partial charge in [0.05, 0.1) is 11.1 Å². The number of carbonyl (C=O) groups is 1. The van der Waals surface area contributed by atoms with E-state index in [2.05, 4.69) is 20.5 Å². The minimum atomic E-state index is -0.183. The molecule has 3 rings (SSSR count). The van der Waals surface area contributed by atoms with Crippen LogP contribution in [0.15, 0.2) is 42.6 Å². The maximum Gasteiger partial charge on any atom is 0.257 e. The molecule has 0 atom stereocenters. The number of H-pyrrole nitrogens is 1. The molecular formula is C15H14N4O. The van der Waals surface area contributed by atoms with E-state index in [9.17, 15) is 4.79 Å². The fourth-order valence-electron chi connectivity index (χ4n) is 2.08. The third-order valence-corrected chi connectivity index (χ3v) is 3.15. The van der Waals surface area contributed by atoms with Crippen LogP contribution < -0.4 is 5.32 Å². The second-order valence-electron chi connectivity index (χ2n) is 4.46. The van der Waals surface area contributed by atoms with Gasteiger partial charge in [0.1, 0.15) is 0 Å². The standard InChI is InChI=1S/C15H14N4O/c1-2-10-9-14(19-18-10)17-15(20)12-7-8-16-13-6-4-3-5-11(12)13/h3-9H,2H2,1H3,(H2,17,18,19,20). The lowest BCUT2D eigenvalue weighted by Crippen LogP contribution is -2.12. The number of amides is 1. The Hall–Kier alpha value is -2.69. The highest BCUT2D eigenvalue weighted by atomic mass is 16.1. The van der Waals surface area contributed by atoms with Crippen LogP contribution >= 0.6 is 0 Å². The lowest BCUT2D eigenvalue weighted by Gasteiger charge is -2.05. The number of anilines is 1. The number of para-hydroxylation sites is 1. The fraction of sp³-hybridized carbons (Fsp3) is 0.133. The Morgan fingerprint density at radius 3 is 2.95 bits per heavy atom. The van der Waals surface area contributed by atoms with E-state index < -0.39 is 0 Å². The molecule has 100 valence electrons. The molecule has 0 aliphatic rings. The summed E-state index contributed by atoms with van der Waals surface area (Å²) < 4.78 is 0. The van der Waals surface area contributed by atoms with E-state index in [0.717, 1.165) is 23.0 Å². The molecule has 0 aliphatic carbocycles. The Morgan fingerprint density at radius 2 is 2.15 bits per heavy atom. The largest absolute Gasteiger partial charge is 0.305 e. The first-order valence-electron chi connectivity index (χ1n) is 6.47. The van der Waals surface area contributed by atoms with Crippen LogP contribution in [-0.2, 0) is 6.42 Å². The molecule has 5 nitrogen and oxygen atoms in total. The summed E-state index contributed by atoms with van der Waals surface area (Å²) in [5.74, 6) is 0.352. The van der Waals surface area contributed by atoms with Crippen molar-refractivity contribution in [3.63, 3.8) is 0 Å². The number of aromatic amines is 1. The molecule has 0 bridgehead atoms. The maximum atomic E-state index is 12.3. The second-order valence-corrected chi connectivity index (χ2v) is 4.46. The fourth-order valence-corrected chi connectivity index (χ4v) is 2.08. The second kappa shape index (κ2) is 5.13. The van der Waals surface area contributed by atoms with Crippen molar-refractivity contribution in [3.05, 3.63) is 53.9 Å². The SMILES string of the molecule is CCc1cc(NC(=O)c2ccnc3ccccc23)n[nH]1. The molecule has 1 aromatic carbocycles. The molecule has 3 aromatic rings. The number of hydrogen-bond acceptors (Lipinski definition) is 3. The van der Waals surface area contributed by atoms with Crippen molar-refractivity contribution < 1.29 is 4.79 Å². The minimum absolute atomic E-state index is 0.183. The summed E-state index contributed by atoms with van der Waals surface area (Å²) in [7, 11) is 0. The van der Waals surface area contributed by atoms with Crippen molar-refractivity contribution in [1.82, 2.24) is 15.2 Å². The zero-order valence-corrected chi connectivity index (χ0v) is 11.1. The Bertz CT molecular complexity index is 758. The quantitative estimate of drug-likeness (QED) is 0.765. The maximum absolute atomic E-state index is 12.3. The average Bonchev–Trinajstić information content (AvgIpc) is 2.94. The van der Waals surface area contributed by atoms with Crippen LogP contribution in [0.4, 0.5) is 5.82 Å². The van der Waals surface area contributed by atoms with Crippen LogP contribution in [-0.4, -0.2) is 21.1 Å². The van der Waals surface area contributed by atoms with Gasteiger partial charge in [-0.15, -0.1) is 0 Å². The summed E-state index contributed by atoms with van der Waals surface area (Å²) in [5.41, 5.74) is 2.38. The highest BCUT2D eigenvalue weighted by molar-refractivity contribution is 6.11. The predicted octanol–water partition coefficient (Wildman–Crippen LogP) is 2.77. The number of fused-ring (bicyclic) bond motifs is 1. The Labute approximate surface area is 116 Å². The number of nitrogens with zero attached hydrogens (tertiary/aromatic N) is 2. The van der Waals surface area contributed by atoms with E-state index in [-0.39, 0.29) is 5.91 Å². The molecule has 0 radical (unpaired) electrons. The molecular weight excluding hydrogens is 252 g/mol. The van der Waals surface area contributed by atoms with E-state index in [1.807, 2.05) is 37.3 Å². The Morgan fingerprint density at radius 1 is 1.30 bits per heavy atom. The summed E-state index contributed by atoms with van der Waals surface area (Å²) in [6.45, 7) is 2.02. The van der Waals surface area contributed by atoms with Gasteiger partial charge >= 0.3 is 0 Å². The smallest absolute Gasteiger partial charge is 0.257 e. The van der Waals surface area contributed by atoms with E-state index in [1.165, 1.54) is 0 Å². The minimum Gasteiger partial charge on any atom is -0.305 e. The van der Waals surface area contributed by atoms with E-state index >= 15 is 0 Å². The van der Waals surface area contributed by atoms with Gasteiger partial charge in [-0.1, -0.05) is 25.1 Å². The van der Waals surface area contributed by atoms with Gasteiger partial charge < -0.3 is 5.32 Å². The van der Waals surface area contributed by atoms with Crippen LogP contribution in [0.1, 0.15) is 23.0 Å². The van der Waals surface area contributed by atoms with Crippen molar-refractivity contribution in [1.29, 1.82) is 0 Å². The Kier molecular flexibility index (Phi) is 3.16. The van der Waals surface area contributed by atoms with Gasteiger partial charge in [-0.25, -0.2) is 0 Å². The molecule has 0 saturated carbocycles. The van der Waals surface area contributed by atoms with Gasteiger partial charge in [-0.05, 0) is 18.6 Å². The lowest BCUT2D eigenvalue weighted by atomic mass is 10.1. The lowest BCUT2D eigenvalue weighted by molar-refractivity contribution is 0.102. The molecule has 5 heteroatoms. The van der Waals surface area contributed by atoms with E-state index in [0.29, 0.717) is 11.4 Å². The molecule has 0 aliphatic heterocycles. The first-order chi connectivity index (χ1) is 9.78. The number of carbonyl (C=O) groups excluding carboxylic acids is 1. The highest BCUT2D eigenvalue weighted by Crippen LogP contribution is 2.17. The zero-order chi connectivity index (χ0) is 13.9. The van der Waals surface area contributed by atoms with Crippen LogP contribution in [0.2, 0.25) is 0 Å². The molecule has 20 heavy (non-hydrogen) atoms. The summed E-state index contributed by atoms with van der Waals surface area (Å²) in [6.07, 6.45) is 2.49. The molecule has 1 amide bonds. The first kappa shape index (κ1) is 12.3. The number of aromatic nitrogens is 3. The third-order valence-electron chi connectivity index (χ3n) is 3.15. The van der Waals surface area contributed by atoms with Gasteiger partial charge in [0.15, 0.2) is 5.82 Å². The Balaban J connectivity index is 1.92. The number of benzene rings is 1. The van der Waals surface area contributed by atoms with E-state index in [1.54, 1.807) is 12.3 Å². The molecule has 2 N–H and O–H groups in total. The number of nitrogens with one attached hydrogen (secondary N) is 2. The van der Waals surface area contributed by atoms with Crippen LogP contribution in [0, 0.1) is 0 Å². The van der Waals surface area contributed by atoms with Crippen molar-refractivity contribution in [3.8, 4) is 0 Å². The molecule has 2 aromatic heterocycles. The molecule has 0 fully saturated rings. The topological polar surface area (TPSA) is 70.7 Å². The molecule has 0 unspecified atom stereocenters. The van der Waals surface area contributed by atoms with E-state index in [4.69, 9.17) is 0 Å². The van der Waals surface area contributed by atoms with Gasteiger partial charge in [0.25, 0.3) is 5.91 Å². The normalized spacial score (nSPS) is 10.7. The van der Waals surface area contributed by atoms with Crippen molar-refractivity contribution in [2.75, 3.05) is 5.32 Å².